The van der Waals surface area contributed by atoms with E-state index < -0.39 is 23.7 Å². The van der Waals surface area contributed by atoms with Gasteiger partial charge in [-0.15, -0.1) is 0 Å². The van der Waals surface area contributed by atoms with Gasteiger partial charge in [-0.25, -0.2) is 0 Å². The van der Waals surface area contributed by atoms with Gasteiger partial charge in [0.25, 0.3) is 11.7 Å². The van der Waals surface area contributed by atoms with Gasteiger partial charge in [-0.3, -0.25) is 14.4 Å². The van der Waals surface area contributed by atoms with Crippen molar-refractivity contribution in [3.05, 3.63) is 70.3 Å². The summed E-state index contributed by atoms with van der Waals surface area (Å²) >= 11 is 5.90. The van der Waals surface area contributed by atoms with Gasteiger partial charge >= 0.3 is 5.97 Å². The molecular formula is C22H20ClNO6. The van der Waals surface area contributed by atoms with Gasteiger partial charge in [-0.05, 0) is 48.4 Å². The lowest BCUT2D eigenvalue weighted by atomic mass is 9.95. The minimum atomic E-state index is -0.992. The first kappa shape index (κ1) is 21.4. The number of carbonyl (C=O) groups excluding carboxylic acids is 2. The van der Waals surface area contributed by atoms with Crippen LogP contribution in [0, 0.1) is 0 Å². The molecule has 0 unspecified atom stereocenters. The third-order valence-electron chi connectivity index (χ3n) is 4.88. The van der Waals surface area contributed by atoms with E-state index in [-0.39, 0.29) is 30.7 Å². The van der Waals surface area contributed by atoms with E-state index in [4.69, 9.17) is 21.4 Å². The van der Waals surface area contributed by atoms with E-state index in [1.54, 1.807) is 48.5 Å². The zero-order valence-electron chi connectivity index (χ0n) is 16.2. The number of methoxy groups -OCH3 is 1. The van der Waals surface area contributed by atoms with Gasteiger partial charge in [0.1, 0.15) is 11.5 Å². The molecule has 1 atom stereocenters. The van der Waals surface area contributed by atoms with Crippen molar-refractivity contribution in [2.24, 2.45) is 0 Å². The molecule has 0 spiro atoms. The van der Waals surface area contributed by atoms with E-state index in [1.807, 2.05) is 0 Å². The molecule has 1 saturated heterocycles. The molecular weight excluding hydrogens is 410 g/mol. The molecule has 0 bridgehead atoms. The Balaban J connectivity index is 2.08. The zero-order chi connectivity index (χ0) is 21.8. The first-order valence-corrected chi connectivity index (χ1v) is 9.61. The van der Waals surface area contributed by atoms with Gasteiger partial charge in [0.2, 0.25) is 0 Å². The molecule has 3 rings (SSSR count). The summed E-state index contributed by atoms with van der Waals surface area (Å²) in [4.78, 5) is 37.7. The number of carboxylic acid groups (broad SMARTS) is 1. The van der Waals surface area contributed by atoms with Gasteiger partial charge in [0.05, 0.1) is 18.7 Å². The Morgan fingerprint density at radius 1 is 1.07 bits per heavy atom. The maximum absolute atomic E-state index is 12.8. The van der Waals surface area contributed by atoms with Gasteiger partial charge in [-0.2, -0.15) is 0 Å². The van der Waals surface area contributed by atoms with Crippen LogP contribution in [0.1, 0.15) is 30.0 Å². The van der Waals surface area contributed by atoms with Crippen LogP contribution >= 0.6 is 11.6 Å². The maximum atomic E-state index is 12.8. The lowest BCUT2D eigenvalue weighted by molar-refractivity contribution is -0.140. The lowest BCUT2D eigenvalue weighted by Gasteiger charge is -2.25. The van der Waals surface area contributed by atoms with Gasteiger partial charge in [0, 0.05) is 23.6 Å². The summed E-state index contributed by atoms with van der Waals surface area (Å²) < 4.78 is 5.16. The van der Waals surface area contributed by atoms with Crippen molar-refractivity contribution < 1.29 is 29.3 Å². The average molecular weight is 430 g/mol. The van der Waals surface area contributed by atoms with E-state index in [1.165, 1.54) is 12.0 Å². The Hall–Kier alpha value is -3.32. The highest BCUT2D eigenvalue weighted by molar-refractivity contribution is 6.46. The van der Waals surface area contributed by atoms with Crippen LogP contribution in [0.3, 0.4) is 0 Å². The Labute approximate surface area is 178 Å². The minimum Gasteiger partial charge on any atom is -0.507 e. The fraction of sp³-hybridized carbons (Fsp3) is 0.227. The first-order valence-electron chi connectivity index (χ1n) is 9.23. The number of aliphatic hydroxyl groups is 1. The Bertz CT molecular complexity index is 997. The predicted molar refractivity (Wildman–Crippen MR) is 110 cm³/mol. The Kier molecular flexibility index (Phi) is 6.42. The quantitative estimate of drug-likeness (QED) is 0.395. The molecule has 0 radical (unpaired) electrons. The molecule has 2 aromatic rings. The fourth-order valence-corrected chi connectivity index (χ4v) is 3.53. The number of aliphatic hydroxyl groups excluding tert-OH is 1. The van der Waals surface area contributed by atoms with Crippen LogP contribution in [-0.4, -0.2) is 46.4 Å². The minimum absolute atomic E-state index is 0.0529. The molecule has 0 aliphatic carbocycles. The highest BCUT2D eigenvalue weighted by Gasteiger charge is 2.45. The molecule has 8 heteroatoms. The molecule has 1 aliphatic rings. The Morgan fingerprint density at radius 2 is 1.70 bits per heavy atom. The molecule has 30 heavy (non-hydrogen) atoms. The number of nitrogens with zero attached hydrogens (tertiary/aromatic N) is 1. The summed E-state index contributed by atoms with van der Waals surface area (Å²) in [6.07, 6.45) is 0.0332. The number of rotatable bonds is 7. The number of carboxylic acids is 1. The fourth-order valence-electron chi connectivity index (χ4n) is 3.41. The van der Waals surface area contributed by atoms with E-state index in [0.717, 1.165) is 0 Å². The lowest BCUT2D eigenvalue weighted by Crippen LogP contribution is -2.31. The van der Waals surface area contributed by atoms with Crippen molar-refractivity contribution in [3.8, 4) is 5.75 Å². The van der Waals surface area contributed by atoms with E-state index in [2.05, 4.69) is 0 Å². The van der Waals surface area contributed by atoms with Crippen molar-refractivity contribution in [1.29, 1.82) is 0 Å². The molecule has 0 saturated carbocycles. The normalized spacial score (nSPS) is 17.9. The summed E-state index contributed by atoms with van der Waals surface area (Å²) in [5.74, 6) is -2.31. The van der Waals surface area contributed by atoms with Gasteiger partial charge in [0.15, 0.2) is 0 Å². The van der Waals surface area contributed by atoms with E-state index in [9.17, 15) is 19.5 Å². The van der Waals surface area contributed by atoms with Crippen molar-refractivity contribution >= 4 is 35.0 Å². The molecule has 2 N–H and O–H groups in total. The summed E-state index contributed by atoms with van der Waals surface area (Å²) in [7, 11) is 1.52. The third-order valence-corrected chi connectivity index (χ3v) is 5.13. The Morgan fingerprint density at radius 3 is 2.27 bits per heavy atom. The largest absolute Gasteiger partial charge is 0.507 e. The van der Waals surface area contributed by atoms with Crippen molar-refractivity contribution in [1.82, 2.24) is 4.90 Å². The second kappa shape index (κ2) is 9.00. The van der Waals surface area contributed by atoms with Crippen LogP contribution in [0.15, 0.2) is 54.1 Å². The van der Waals surface area contributed by atoms with Crippen LogP contribution in [0.25, 0.3) is 5.76 Å². The van der Waals surface area contributed by atoms with E-state index in [0.29, 0.717) is 21.9 Å². The topological polar surface area (TPSA) is 104 Å². The van der Waals surface area contributed by atoms with Crippen LogP contribution in [-0.2, 0) is 14.4 Å². The highest BCUT2D eigenvalue weighted by Crippen LogP contribution is 2.40. The molecule has 1 fully saturated rings. The number of likely N-dealkylation sites (tertiary alicyclic amines) is 1. The molecule has 1 amide bonds. The standard InChI is InChI=1S/C22H20ClNO6/c1-30-16-10-6-13(7-11-16)19-18(20(27)14-4-8-15(23)9-5-14)21(28)22(29)24(19)12-2-3-17(25)26/h4-11,19,27H,2-3,12H2,1H3,(H,25,26)/t19-/m0/s1. The van der Waals surface area contributed by atoms with Crippen LogP contribution < -0.4 is 4.74 Å². The molecule has 1 aliphatic heterocycles. The molecule has 1 heterocycles. The zero-order valence-corrected chi connectivity index (χ0v) is 16.9. The molecule has 0 aromatic heterocycles. The van der Waals surface area contributed by atoms with Crippen molar-refractivity contribution in [2.75, 3.05) is 13.7 Å². The van der Waals surface area contributed by atoms with Crippen LogP contribution in [0.5, 0.6) is 5.75 Å². The SMILES string of the molecule is COc1ccc([C@H]2C(=C(O)c3ccc(Cl)cc3)C(=O)C(=O)N2CCCC(=O)O)cc1. The number of hydrogen-bond donors (Lipinski definition) is 2. The van der Waals surface area contributed by atoms with Crippen LogP contribution in [0.2, 0.25) is 5.02 Å². The number of halogens is 1. The van der Waals surface area contributed by atoms with Crippen molar-refractivity contribution in [2.45, 2.75) is 18.9 Å². The highest BCUT2D eigenvalue weighted by atomic mass is 35.5. The number of carbonyl (C=O) groups is 3. The molecule has 7 nitrogen and oxygen atoms in total. The first-order chi connectivity index (χ1) is 14.3. The number of hydrogen-bond acceptors (Lipinski definition) is 5. The number of Topliss-reactive ketones (excluding diaryl/α,β-unsaturated/α-hetero) is 1. The summed E-state index contributed by atoms with van der Waals surface area (Å²) in [5, 5.41) is 20.3. The number of benzene rings is 2. The third kappa shape index (κ3) is 4.31. The maximum Gasteiger partial charge on any atom is 0.303 e. The smallest absolute Gasteiger partial charge is 0.303 e. The summed E-state index contributed by atoms with van der Waals surface area (Å²) in [6, 6.07) is 12.2. The number of aliphatic carboxylic acids is 1. The van der Waals surface area contributed by atoms with Crippen molar-refractivity contribution in [3.63, 3.8) is 0 Å². The second-order valence-electron chi connectivity index (χ2n) is 6.77. The second-order valence-corrected chi connectivity index (χ2v) is 7.21. The summed E-state index contributed by atoms with van der Waals surface area (Å²) in [6.45, 7) is 0.0605. The van der Waals surface area contributed by atoms with Crippen LogP contribution in [0.4, 0.5) is 0 Å². The molecule has 2 aromatic carbocycles. The predicted octanol–water partition coefficient (Wildman–Crippen LogP) is 3.64. The number of ether oxygens (including phenoxy) is 1. The number of ketones is 1. The monoisotopic (exact) mass is 429 g/mol. The number of amides is 1. The average Bonchev–Trinajstić information content (AvgIpc) is 2.98. The summed E-state index contributed by atoms with van der Waals surface area (Å²) in [5.41, 5.74) is 0.894. The van der Waals surface area contributed by atoms with E-state index >= 15 is 0 Å². The molecule has 156 valence electrons. The van der Waals surface area contributed by atoms with Gasteiger partial charge in [-0.1, -0.05) is 23.7 Å². The van der Waals surface area contributed by atoms with Gasteiger partial charge < -0.3 is 19.8 Å².